The summed E-state index contributed by atoms with van der Waals surface area (Å²) in [5.41, 5.74) is 1.13. The van der Waals surface area contributed by atoms with Gasteiger partial charge in [0.25, 0.3) is 0 Å². The van der Waals surface area contributed by atoms with E-state index in [0.717, 1.165) is 37.0 Å². The predicted molar refractivity (Wildman–Crippen MR) is 103 cm³/mol. The van der Waals surface area contributed by atoms with Gasteiger partial charge in [0.1, 0.15) is 12.3 Å². The summed E-state index contributed by atoms with van der Waals surface area (Å²) in [6.45, 7) is 0.782. The molecule has 4 rings (SSSR count). The van der Waals surface area contributed by atoms with E-state index in [0.29, 0.717) is 18.7 Å². The van der Waals surface area contributed by atoms with E-state index in [1.165, 1.54) is 0 Å². The number of aliphatic imine (C=N–C) groups is 1. The fraction of sp³-hybridized carbons (Fsp3) is 0.600. The molecule has 3 aliphatic rings. The quantitative estimate of drug-likeness (QED) is 0.618. The van der Waals surface area contributed by atoms with Crippen molar-refractivity contribution < 1.29 is 14.3 Å². The highest BCUT2D eigenvalue weighted by Crippen LogP contribution is 2.35. The number of fused-ring (bicyclic) bond motifs is 3. The first-order valence-corrected chi connectivity index (χ1v) is 9.75. The Morgan fingerprint density at radius 1 is 1.22 bits per heavy atom. The molecule has 7 heteroatoms. The van der Waals surface area contributed by atoms with Crippen LogP contribution in [0, 0.1) is 0 Å². The third-order valence-corrected chi connectivity index (χ3v) is 5.57. The van der Waals surface area contributed by atoms with E-state index in [2.05, 4.69) is 21.7 Å². The van der Waals surface area contributed by atoms with Crippen molar-refractivity contribution in [1.82, 2.24) is 15.5 Å². The zero-order chi connectivity index (χ0) is 18.8. The van der Waals surface area contributed by atoms with Gasteiger partial charge in [-0.25, -0.2) is 4.99 Å². The number of hydrogen-bond acceptors (Lipinski definition) is 4. The van der Waals surface area contributed by atoms with Crippen molar-refractivity contribution in [1.29, 1.82) is 0 Å². The van der Waals surface area contributed by atoms with E-state index < -0.39 is 0 Å². The van der Waals surface area contributed by atoms with Crippen LogP contribution in [0.5, 0.6) is 5.75 Å². The lowest BCUT2D eigenvalue weighted by Gasteiger charge is -2.30. The Balaban J connectivity index is 1.49. The maximum Gasteiger partial charge on any atom is 0.243 e. The molecule has 0 saturated carbocycles. The number of rotatable bonds is 4. The lowest BCUT2D eigenvalue weighted by molar-refractivity contribution is -0.127. The molecule has 1 amide bonds. The molecular formula is C20H28N4O3. The van der Waals surface area contributed by atoms with Gasteiger partial charge < -0.3 is 25.0 Å². The van der Waals surface area contributed by atoms with Crippen molar-refractivity contribution in [2.75, 3.05) is 27.2 Å². The molecule has 2 fully saturated rings. The number of guanidine groups is 1. The van der Waals surface area contributed by atoms with Crippen LogP contribution in [0.3, 0.4) is 0 Å². The van der Waals surface area contributed by atoms with Crippen LogP contribution < -0.4 is 15.4 Å². The number of likely N-dealkylation sites (N-methyl/N-ethyl adjacent to an activating group) is 1. The molecule has 3 aliphatic heterocycles. The Bertz CT molecular complexity index is 721. The largest absolute Gasteiger partial charge is 0.493 e. The minimum absolute atomic E-state index is 0.0207. The molecule has 7 nitrogen and oxygen atoms in total. The lowest BCUT2D eigenvalue weighted by Crippen LogP contribution is -2.49. The summed E-state index contributed by atoms with van der Waals surface area (Å²) < 4.78 is 11.7. The second-order valence-electron chi connectivity index (χ2n) is 7.69. The Morgan fingerprint density at radius 3 is 2.81 bits per heavy atom. The van der Waals surface area contributed by atoms with Gasteiger partial charge in [-0.05, 0) is 25.3 Å². The lowest BCUT2D eigenvalue weighted by atomic mass is 9.95. The van der Waals surface area contributed by atoms with E-state index in [4.69, 9.17) is 9.47 Å². The van der Waals surface area contributed by atoms with Crippen molar-refractivity contribution in [3.05, 3.63) is 29.8 Å². The fourth-order valence-corrected chi connectivity index (χ4v) is 4.04. The Hall–Kier alpha value is -2.28. The van der Waals surface area contributed by atoms with E-state index in [9.17, 15) is 4.79 Å². The maximum absolute atomic E-state index is 12.0. The second-order valence-corrected chi connectivity index (χ2v) is 7.69. The van der Waals surface area contributed by atoms with Crippen LogP contribution >= 0.6 is 0 Å². The molecular weight excluding hydrogens is 344 g/mol. The average molecular weight is 372 g/mol. The van der Waals surface area contributed by atoms with Crippen molar-refractivity contribution in [3.63, 3.8) is 0 Å². The Kier molecular flexibility index (Phi) is 5.20. The summed E-state index contributed by atoms with van der Waals surface area (Å²) in [5, 5.41) is 7.05. The maximum atomic E-state index is 12.0. The fourth-order valence-electron chi connectivity index (χ4n) is 4.04. The molecule has 0 spiro atoms. The minimum atomic E-state index is -0.0207. The molecule has 3 heterocycles. The Labute approximate surface area is 160 Å². The monoisotopic (exact) mass is 372 g/mol. The van der Waals surface area contributed by atoms with Crippen molar-refractivity contribution in [2.45, 2.75) is 50.0 Å². The average Bonchev–Trinajstić information content (AvgIpc) is 3.29. The number of para-hydroxylation sites is 1. The molecule has 0 aliphatic carbocycles. The highest BCUT2D eigenvalue weighted by molar-refractivity contribution is 5.85. The molecule has 2 saturated heterocycles. The van der Waals surface area contributed by atoms with E-state index in [1.807, 2.05) is 18.2 Å². The molecule has 146 valence electrons. The summed E-state index contributed by atoms with van der Waals surface area (Å²) in [6.07, 6.45) is 4.69. The predicted octanol–water partition coefficient (Wildman–Crippen LogP) is 1.45. The van der Waals surface area contributed by atoms with Gasteiger partial charge >= 0.3 is 0 Å². The number of carbonyl (C=O) groups is 1. The molecule has 1 aromatic rings. The number of ether oxygens (including phenoxy) is 2. The SMILES string of the molecule is CN(C)C(=O)CN=C(NC1CCOc2ccccc21)NC1CC2CCC1O2. The van der Waals surface area contributed by atoms with Crippen LogP contribution in [0.2, 0.25) is 0 Å². The molecule has 4 unspecified atom stereocenters. The number of nitrogens with zero attached hydrogens (tertiary/aromatic N) is 2. The molecule has 27 heavy (non-hydrogen) atoms. The van der Waals surface area contributed by atoms with Crippen LogP contribution in [0.1, 0.15) is 37.3 Å². The van der Waals surface area contributed by atoms with Crippen LogP contribution in [-0.2, 0) is 9.53 Å². The molecule has 4 atom stereocenters. The number of benzene rings is 1. The van der Waals surface area contributed by atoms with Crippen molar-refractivity contribution in [2.24, 2.45) is 4.99 Å². The van der Waals surface area contributed by atoms with Gasteiger partial charge in [-0.1, -0.05) is 18.2 Å². The van der Waals surface area contributed by atoms with Crippen LogP contribution in [0.15, 0.2) is 29.3 Å². The van der Waals surface area contributed by atoms with Gasteiger partial charge in [-0.2, -0.15) is 0 Å². The third-order valence-electron chi connectivity index (χ3n) is 5.57. The van der Waals surface area contributed by atoms with E-state index in [-0.39, 0.29) is 30.6 Å². The van der Waals surface area contributed by atoms with Gasteiger partial charge in [0.15, 0.2) is 5.96 Å². The highest BCUT2D eigenvalue weighted by atomic mass is 16.5. The van der Waals surface area contributed by atoms with E-state index in [1.54, 1.807) is 19.0 Å². The zero-order valence-electron chi connectivity index (χ0n) is 16.0. The van der Waals surface area contributed by atoms with Gasteiger partial charge in [0.05, 0.1) is 30.9 Å². The van der Waals surface area contributed by atoms with E-state index >= 15 is 0 Å². The van der Waals surface area contributed by atoms with Crippen LogP contribution in [0.4, 0.5) is 0 Å². The number of carbonyl (C=O) groups excluding carboxylic acids is 1. The number of hydrogen-bond donors (Lipinski definition) is 2. The second kappa shape index (κ2) is 7.76. The molecule has 2 bridgehead atoms. The first kappa shape index (κ1) is 18.1. The molecule has 2 N–H and O–H groups in total. The normalized spacial score (nSPS) is 29.0. The molecule has 1 aromatic carbocycles. The number of amides is 1. The zero-order valence-corrected chi connectivity index (χ0v) is 16.0. The minimum Gasteiger partial charge on any atom is -0.493 e. The standard InChI is InChI=1S/C20H28N4O3/c1-24(2)19(25)12-21-20(23-16-11-13-7-8-18(16)27-13)22-15-9-10-26-17-6-4-3-5-14(15)17/h3-6,13,15-16,18H,7-12H2,1-2H3,(H2,21,22,23). The van der Waals surface area contributed by atoms with Crippen molar-refractivity contribution >= 4 is 11.9 Å². The van der Waals surface area contributed by atoms with Crippen molar-refractivity contribution in [3.8, 4) is 5.75 Å². The van der Waals surface area contributed by atoms with Crippen LogP contribution in [-0.4, -0.2) is 62.3 Å². The highest BCUT2D eigenvalue weighted by Gasteiger charge is 2.41. The molecule has 0 radical (unpaired) electrons. The topological polar surface area (TPSA) is 75.2 Å². The number of nitrogens with one attached hydrogen (secondary N) is 2. The summed E-state index contributed by atoms with van der Waals surface area (Å²) in [4.78, 5) is 18.1. The Morgan fingerprint density at radius 2 is 2.07 bits per heavy atom. The first-order valence-electron chi connectivity index (χ1n) is 9.75. The van der Waals surface area contributed by atoms with Gasteiger partial charge in [-0.3, -0.25) is 4.79 Å². The van der Waals surface area contributed by atoms with Gasteiger partial charge in [0, 0.05) is 26.1 Å². The van der Waals surface area contributed by atoms with Gasteiger partial charge in [0.2, 0.25) is 5.91 Å². The smallest absolute Gasteiger partial charge is 0.243 e. The molecule has 0 aromatic heterocycles. The van der Waals surface area contributed by atoms with Gasteiger partial charge in [-0.15, -0.1) is 0 Å². The summed E-state index contributed by atoms with van der Waals surface area (Å²) in [7, 11) is 3.49. The summed E-state index contributed by atoms with van der Waals surface area (Å²) >= 11 is 0. The summed E-state index contributed by atoms with van der Waals surface area (Å²) in [6, 6.07) is 8.43. The summed E-state index contributed by atoms with van der Waals surface area (Å²) in [5.74, 6) is 1.56. The van der Waals surface area contributed by atoms with Crippen LogP contribution in [0.25, 0.3) is 0 Å². The first-order chi connectivity index (χ1) is 13.1. The third kappa shape index (κ3) is 4.03.